The summed E-state index contributed by atoms with van der Waals surface area (Å²) in [6, 6.07) is 15.1. The molecule has 0 aliphatic rings. The van der Waals surface area contributed by atoms with Crippen LogP contribution in [0, 0.1) is 5.92 Å². The Morgan fingerprint density at radius 1 is 1.00 bits per heavy atom. The maximum Gasteiger partial charge on any atom is 0.408 e. The number of alkyl carbamates (subject to hydrolysis) is 1. The average Bonchev–Trinajstić information content (AvgIpc) is 2.74. The number of halogens is 1. The van der Waals surface area contributed by atoms with Crippen molar-refractivity contribution in [3.63, 3.8) is 0 Å². The number of amides is 1. The number of carbonyl (C=O) groups excluding carboxylic acids is 3. The zero-order valence-corrected chi connectivity index (χ0v) is 18.0. The zero-order valence-electron chi connectivity index (χ0n) is 16.4. The fourth-order valence-corrected chi connectivity index (χ4v) is 2.77. The van der Waals surface area contributed by atoms with E-state index in [-0.39, 0.29) is 18.3 Å². The summed E-state index contributed by atoms with van der Waals surface area (Å²) in [5, 5.41) is 2.56. The molecule has 29 heavy (non-hydrogen) atoms. The van der Waals surface area contributed by atoms with E-state index in [1.54, 1.807) is 24.3 Å². The third kappa shape index (κ3) is 7.34. The first-order valence-electron chi connectivity index (χ1n) is 9.33. The van der Waals surface area contributed by atoms with Crippen molar-refractivity contribution in [3.05, 3.63) is 70.2 Å². The molecule has 2 aromatic rings. The van der Waals surface area contributed by atoms with Crippen LogP contribution < -0.4 is 5.32 Å². The van der Waals surface area contributed by atoms with Gasteiger partial charge in [0.05, 0.1) is 0 Å². The van der Waals surface area contributed by atoms with E-state index in [1.165, 1.54) is 0 Å². The summed E-state index contributed by atoms with van der Waals surface area (Å²) >= 11 is 3.30. The monoisotopic (exact) mass is 461 g/mol. The van der Waals surface area contributed by atoms with Crippen LogP contribution in [-0.2, 0) is 20.9 Å². The Balaban J connectivity index is 1.90. The highest BCUT2D eigenvalue weighted by Crippen LogP contribution is 2.13. The Hall–Kier alpha value is -2.67. The standard InChI is InChI=1S/C22H24BrNO5/c1-3-15(2)20(24-22(27)29-13-16-7-5-4-6-8-16)21(26)28-14-19(25)17-9-11-18(23)12-10-17/h4-12,15,20H,3,13-14H2,1-2H3,(H,24,27)/t15-,20-/m1/s1. The molecular formula is C22H24BrNO5. The number of esters is 1. The number of ketones is 1. The van der Waals surface area contributed by atoms with Crippen molar-refractivity contribution >= 4 is 33.8 Å². The molecule has 6 nitrogen and oxygen atoms in total. The molecule has 154 valence electrons. The first kappa shape index (κ1) is 22.6. The summed E-state index contributed by atoms with van der Waals surface area (Å²) in [5.74, 6) is -1.17. The number of hydrogen-bond donors (Lipinski definition) is 1. The first-order chi connectivity index (χ1) is 13.9. The van der Waals surface area contributed by atoms with Crippen LogP contribution in [0.25, 0.3) is 0 Å². The Morgan fingerprint density at radius 2 is 1.66 bits per heavy atom. The molecule has 1 N–H and O–H groups in total. The summed E-state index contributed by atoms with van der Waals surface area (Å²) in [4.78, 5) is 36.8. The highest BCUT2D eigenvalue weighted by molar-refractivity contribution is 9.10. The lowest BCUT2D eigenvalue weighted by Gasteiger charge is -2.22. The second kappa shape index (κ2) is 11.4. The second-order valence-electron chi connectivity index (χ2n) is 6.61. The van der Waals surface area contributed by atoms with E-state index in [4.69, 9.17) is 9.47 Å². The number of benzene rings is 2. The van der Waals surface area contributed by atoms with Crippen molar-refractivity contribution in [2.45, 2.75) is 32.9 Å². The van der Waals surface area contributed by atoms with Crippen molar-refractivity contribution in [2.75, 3.05) is 6.61 Å². The lowest BCUT2D eigenvalue weighted by molar-refractivity contribution is -0.146. The van der Waals surface area contributed by atoms with E-state index in [1.807, 2.05) is 44.2 Å². The normalized spacial score (nSPS) is 12.5. The van der Waals surface area contributed by atoms with Gasteiger partial charge in [0.2, 0.25) is 0 Å². The SMILES string of the molecule is CC[C@@H](C)[C@@H](NC(=O)OCc1ccccc1)C(=O)OCC(=O)c1ccc(Br)cc1. The largest absolute Gasteiger partial charge is 0.456 e. The molecule has 2 atom stereocenters. The fraction of sp³-hybridized carbons (Fsp3) is 0.318. The van der Waals surface area contributed by atoms with Gasteiger partial charge in [-0.3, -0.25) is 4.79 Å². The van der Waals surface area contributed by atoms with E-state index in [9.17, 15) is 14.4 Å². The quantitative estimate of drug-likeness (QED) is 0.438. The third-order valence-electron chi connectivity index (χ3n) is 4.46. The predicted molar refractivity (Wildman–Crippen MR) is 112 cm³/mol. The topological polar surface area (TPSA) is 81.7 Å². The van der Waals surface area contributed by atoms with E-state index < -0.39 is 24.7 Å². The van der Waals surface area contributed by atoms with E-state index in [2.05, 4.69) is 21.2 Å². The molecule has 0 aliphatic heterocycles. The molecule has 0 fully saturated rings. The molecule has 2 aromatic carbocycles. The highest BCUT2D eigenvalue weighted by Gasteiger charge is 2.28. The minimum absolute atomic E-state index is 0.0942. The molecule has 2 rings (SSSR count). The second-order valence-corrected chi connectivity index (χ2v) is 7.52. The molecule has 0 aromatic heterocycles. The smallest absolute Gasteiger partial charge is 0.408 e. The van der Waals surface area contributed by atoms with Gasteiger partial charge in [0.25, 0.3) is 0 Å². The molecule has 0 saturated carbocycles. The van der Waals surface area contributed by atoms with Gasteiger partial charge < -0.3 is 14.8 Å². The fourth-order valence-electron chi connectivity index (χ4n) is 2.51. The van der Waals surface area contributed by atoms with Gasteiger partial charge in [0.15, 0.2) is 12.4 Å². The van der Waals surface area contributed by atoms with Gasteiger partial charge in [-0.1, -0.05) is 78.7 Å². The molecule has 1 amide bonds. The van der Waals surface area contributed by atoms with Crippen molar-refractivity contribution in [2.24, 2.45) is 5.92 Å². The van der Waals surface area contributed by atoms with E-state index in [0.717, 1.165) is 10.0 Å². The van der Waals surface area contributed by atoms with E-state index >= 15 is 0 Å². The summed E-state index contributed by atoms with van der Waals surface area (Å²) in [5.41, 5.74) is 1.28. The lowest BCUT2D eigenvalue weighted by atomic mass is 9.99. The van der Waals surface area contributed by atoms with Gasteiger partial charge in [-0.25, -0.2) is 9.59 Å². The Labute approximate surface area is 178 Å². The number of hydrogen-bond acceptors (Lipinski definition) is 5. The maximum atomic E-state index is 12.5. The molecule has 0 saturated heterocycles. The molecular weight excluding hydrogens is 438 g/mol. The van der Waals surface area contributed by atoms with Crippen LogP contribution in [0.2, 0.25) is 0 Å². The maximum absolute atomic E-state index is 12.5. The predicted octanol–water partition coefficient (Wildman–Crippen LogP) is 4.52. The summed E-state index contributed by atoms with van der Waals surface area (Å²) in [6.07, 6.45) is -0.0744. The number of ether oxygens (including phenoxy) is 2. The Bertz CT molecular complexity index is 823. The van der Waals surface area contributed by atoms with Crippen molar-refractivity contribution in [1.29, 1.82) is 0 Å². The molecule has 0 bridgehead atoms. The summed E-state index contributed by atoms with van der Waals surface area (Å²) in [6.45, 7) is 3.42. The molecule has 0 heterocycles. The van der Waals surface area contributed by atoms with Gasteiger partial charge in [-0.05, 0) is 23.6 Å². The summed E-state index contributed by atoms with van der Waals surface area (Å²) < 4.78 is 11.2. The molecule has 0 radical (unpaired) electrons. The number of nitrogens with one attached hydrogen (secondary N) is 1. The molecule has 0 spiro atoms. The van der Waals surface area contributed by atoms with Gasteiger partial charge in [-0.15, -0.1) is 0 Å². The highest BCUT2D eigenvalue weighted by atomic mass is 79.9. The van der Waals surface area contributed by atoms with E-state index in [0.29, 0.717) is 12.0 Å². The Morgan fingerprint density at radius 3 is 2.28 bits per heavy atom. The van der Waals surface area contributed by atoms with Gasteiger partial charge >= 0.3 is 12.1 Å². The van der Waals surface area contributed by atoms with Crippen molar-refractivity contribution in [1.82, 2.24) is 5.32 Å². The van der Waals surface area contributed by atoms with Crippen LogP contribution in [0.4, 0.5) is 4.79 Å². The van der Waals surface area contributed by atoms with Crippen LogP contribution in [-0.4, -0.2) is 30.5 Å². The number of rotatable bonds is 9. The van der Waals surface area contributed by atoms with Crippen LogP contribution >= 0.6 is 15.9 Å². The number of Topliss-reactive ketones (excluding diaryl/α,β-unsaturated/α-hetero) is 1. The van der Waals surface area contributed by atoms with Crippen LogP contribution in [0.5, 0.6) is 0 Å². The van der Waals surface area contributed by atoms with Crippen molar-refractivity contribution < 1.29 is 23.9 Å². The van der Waals surface area contributed by atoms with Gasteiger partial charge in [-0.2, -0.15) is 0 Å². The zero-order chi connectivity index (χ0) is 21.2. The van der Waals surface area contributed by atoms with Crippen LogP contribution in [0.3, 0.4) is 0 Å². The lowest BCUT2D eigenvalue weighted by Crippen LogP contribution is -2.46. The third-order valence-corrected chi connectivity index (χ3v) is 4.99. The molecule has 0 unspecified atom stereocenters. The average molecular weight is 462 g/mol. The number of carbonyl (C=O) groups is 3. The van der Waals surface area contributed by atoms with Crippen LogP contribution in [0.15, 0.2) is 59.1 Å². The van der Waals surface area contributed by atoms with Crippen LogP contribution in [0.1, 0.15) is 36.2 Å². The molecule has 0 aliphatic carbocycles. The molecule has 7 heteroatoms. The Kier molecular flexibility index (Phi) is 8.86. The minimum atomic E-state index is -0.902. The summed E-state index contributed by atoms with van der Waals surface area (Å²) in [7, 11) is 0. The minimum Gasteiger partial charge on any atom is -0.456 e. The van der Waals surface area contributed by atoms with Gasteiger partial charge in [0, 0.05) is 10.0 Å². The van der Waals surface area contributed by atoms with Crippen molar-refractivity contribution in [3.8, 4) is 0 Å². The first-order valence-corrected chi connectivity index (χ1v) is 10.1. The van der Waals surface area contributed by atoms with Gasteiger partial charge in [0.1, 0.15) is 12.6 Å².